The van der Waals surface area contributed by atoms with Crippen molar-refractivity contribution in [2.24, 2.45) is 5.10 Å². The van der Waals surface area contributed by atoms with E-state index in [1.165, 1.54) is 0 Å². The number of hydrogen-bond acceptors (Lipinski definition) is 5. The summed E-state index contributed by atoms with van der Waals surface area (Å²) in [5.41, 5.74) is 2.55. The molecule has 1 spiro atoms. The lowest BCUT2D eigenvalue weighted by Gasteiger charge is -2.49. The van der Waals surface area contributed by atoms with Crippen molar-refractivity contribution in [1.82, 2.24) is 10.3 Å². The lowest BCUT2D eigenvalue weighted by molar-refractivity contribution is -0.136. The number of hydrogen-bond donors (Lipinski definition) is 1. The number of halogens is 2. The highest BCUT2D eigenvalue weighted by Crippen LogP contribution is 2.49. The Kier molecular flexibility index (Phi) is 4.19. The van der Waals surface area contributed by atoms with Crippen molar-refractivity contribution in [2.45, 2.75) is 37.6 Å². The minimum atomic E-state index is -2.82. The molecule has 5 nitrogen and oxygen atoms in total. The topological polar surface area (TPSA) is 46.1 Å². The summed E-state index contributed by atoms with van der Waals surface area (Å²) >= 11 is 0. The van der Waals surface area contributed by atoms with E-state index in [4.69, 9.17) is 9.84 Å². The predicted octanol–water partition coefficient (Wildman–Crippen LogP) is 3.91. The Morgan fingerprint density at radius 2 is 1.86 bits per heavy atom. The predicted molar refractivity (Wildman–Crippen MR) is 101 cm³/mol. The maximum absolute atomic E-state index is 12.4. The zero-order chi connectivity index (χ0) is 19.1. The fraction of sp³-hybridized carbons (Fsp3) is 0.381. The third-order valence-corrected chi connectivity index (χ3v) is 5.70. The van der Waals surface area contributed by atoms with E-state index in [1.807, 2.05) is 18.2 Å². The second-order valence-corrected chi connectivity index (χ2v) is 7.35. The minimum absolute atomic E-state index is 0.120. The third kappa shape index (κ3) is 2.90. The number of ether oxygens (including phenoxy) is 2. The molecule has 3 heterocycles. The first-order chi connectivity index (χ1) is 13.6. The molecule has 146 valence electrons. The highest BCUT2D eigenvalue weighted by atomic mass is 19.3. The van der Waals surface area contributed by atoms with E-state index in [0.717, 1.165) is 54.9 Å². The van der Waals surface area contributed by atoms with Crippen LogP contribution in [0.3, 0.4) is 0 Å². The van der Waals surface area contributed by atoms with Gasteiger partial charge in [0.1, 0.15) is 11.5 Å². The van der Waals surface area contributed by atoms with Crippen molar-refractivity contribution in [3.8, 4) is 11.5 Å². The monoisotopic (exact) mass is 385 g/mol. The van der Waals surface area contributed by atoms with Crippen LogP contribution in [0.2, 0.25) is 0 Å². The standard InChI is InChI=1S/C21H21F2N3O2/c22-20(23)27-15-7-5-14(6-8-15)17-13-18-16-3-1-2-4-19(16)28-21(26(18)25-17)9-11-24-12-10-21/h1-8,18,20,24H,9-13H2/t18-/m1/s1. The summed E-state index contributed by atoms with van der Waals surface area (Å²) in [4.78, 5) is 0. The number of alkyl halides is 2. The van der Waals surface area contributed by atoms with E-state index in [9.17, 15) is 8.78 Å². The molecule has 0 radical (unpaired) electrons. The zero-order valence-corrected chi connectivity index (χ0v) is 15.3. The molecular formula is C21H21F2N3O2. The first-order valence-electron chi connectivity index (χ1n) is 9.55. The Hall–Kier alpha value is -2.67. The van der Waals surface area contributed by atoms with Gasteiger partial charge in [-0.1, -0.05) is 18.2 Å². The average molecular weight is 385 g/mol. The molecule has 0 unspecified atom stereocenters. The number of rotatable bonds is 3. The van der Waals surface area contributed by atoms with Crippen molar-refractivity contribution in [2.75, 3.05) is 13.1 Å². The normalized spacial score (nSPS) is 22.5. The number of nitrogens with one attached hydrogen (secondary N) is 1. The number of hydrazone groups is 1. The first kappa shape index (κ1) is 17.4. The number of fused-ring (bicyclic) bond motifs is 4. The van der Waals surface area contributed by atoms with E-state index in [1.54, 1.807) is 24.3 Å². The second kappa shape index (κ2) is 6.74. The fourth-order valence-corrected chi connectivity index (χ4v) is 4.38. The maximum atomic E-state index is 12.4. The molecule has 0 aliphatic carbocycles. The van der Waals surface area contributed by atoms with E-state index in [2.05, 4.69) is 21.1 Å². The molecule has 3 aliphatic heterocycles. The summed E-state index contributed by atoms with van der Waals surface area (Å²) in [6, 6.07) is 15.0. The van der Waals surface area contributed by atoms with Gasteiger partial charge in [-0.15, -0.1) is 0 Å². The van der Waals surface area contributed by atoms with Gasteiger partial charge >= 0.3 is 6.61 Å². The molecule has 0 aromatic heterocycles. The molecule has 1 saturated heterocycles. The lowest BCUT2D eigenvalue weighted by atomic mass is 9.91. The Bertz CT molecular complexity index is 895. The number of para-hydroxylation sites is 1. The van der Waals surface area contributed by atoms with Crippen LogP contribution in [-0.4, -0.2) is 36.1 Å². The summed E-state index contributed by atoms with van der Waals surface area (Å²) in [7, 11) is 0. The lowest BCUT2D eigenvalue weighted by Crippen LogP contribution is -2.58. The van der Waals surface area contributed by atoms with Crippen molar-refractivity contribution in [3.63, 3.8) is 0 Å². The minimum Gasteiger partial charge on any atom is -0.466 e. The molecule has 2 aromatic carbocycles. The van der Waals surface area contributed by atoms with Gasteiger partial charge in [-0.3, -0.25) is 0 Å². The van der Waals surface area contributed by atoms with Gasteiger partial charge in [0.15, 0.2) is 0 Å². The SMILES string of the molecule is FC(F)Oc1ccc(C2=NN3[C@H](C2)c2ccccc2OC32CCNCC2)cc1. The molecule has 3 aliphatic rings. The molecule has 28 heavy (non-hydrogen) atoms. The van der Waals surface area contributed by atoms with Crippen LogP contribution in [-0.2, 0) is 0 Å². The Morgan fingerprint density at radius 1 is 1.11 bits per heavy atom. The van der Waals surface area contributed by atoms with E-state index >= 15 is 0 Å². The highest BCUT2D eigenvalue weighted by molar-refractivity contribution is 6.02. The third-order valence-electron chi connectivity index (χ3n) is 5.70. The van der Waals surface area contributed by atoms with Crippen LogP contribution in [0.25, 0.3) is 0 Å². The molecule has 1 atom stereocenters. The van der Waals surface area contributed by atoms with Gasteiger partial charge in [0.05, 0.1) is 11.8 Å². The maximum Gasteiger partial charge on any atom is 0.387 e. The van der Waals surface area contributed by atoms with Crippen molar-refractivity contribution < 1.29 is 18.3 Å². The van der Waals surface area contributed by atoms with E-state index < -0.39 is 12.3 Å². The van der Waals surface area contributed by atoms with Gasteiger partial charge in [0.2, 0.25) is 5.72 Å². The van der Waals surface area contributed by atoms with E-state index in [-0.39, 0.29) is 11.8 Å². The van der Waals surface area contributed by atoms with Gasteiger partial charge in [-0.2, -0.15) is 13.9 Å². The fourth-order valence-electron chi connectivity index (χ4n) is 4.38. The molecule has 0 bridgehead atoms. The van der Waals surface area contributed by atoms with Crippen LogP contribution in [0, 0.1) is 0 Å². The van der Waals surface area contributed by atoms with Crippen LogP contribution >= 0.6 is 0 Å². The Balaban J connectivity index is 1.49. The molecular weight excluding hydrogens is 364 g/mol. The van der Waals surface area contributed by atoms with Crippen LogP contribution in [0.4, 0.5) is 8.78 Å². The molecule has 7 heteroatoms. The number of nitrogens with zero attached hydrogens (tertiary/aromatic N) is 2. The summed E-state index contributed by atoms with van der Waals surface area (Å²) in [5, 5.41) is 10.5. The summed E-state index contributed by atoms with van der Waals surface area (Å²) in [5.74, 6) is 1.08. The smallest absolute Gasteiger partial charge is 0.387 e. The first-order valence-corrected chi connectivity index (χ1v) is 9.55. The summed E-state index contributed by atoms with van der Waals surface area (Å²) < 4.78 is 35.7. The molecule has 1 fully saturated rings. The number of piperidine rings is 1. The van der Waals surface area contributed by atoms with Crippen LogP contribution in [0.1, 0.15) is 36.4 Å². The molecule has 5 rings (SSSR count). The highest BCUT2D eigenvalue weighted by Gasteiger charge is 2.50. The summed E-state index contributed by atoms with van der Waals surface area (Å²) in [6.45, 7) is -1.05. The van der Waals surface area contributed by atoms with Crippen LogP contribution in [0.5, 0.6) is 11.5 Å². The Labute approximate surface area is 161 Å². The molecule has 0 amide bonds. The zero-order valence-electron chi connectivity index (χ0n) is 15.3. The summed E-state index contributed by atoms with van der Waals surface area (Å²) in [6.07, 6.45) is 2.47. The molecule has 2 aromatic rings. The second-order valence-electron chi connectivity index (χ2n) is 7.35. The average Bonchev–Trinajstić information content (AvgIpc) is 3.16. The van der Waals surface area contributed by atoms with Gasteiger partial charge < -0.3 is 14.8 Å². The van der Waals surface area contributed by atoms with Crippen LogP contribution in [0.15, 0.2) is 53.6 Å². The van der Waals surface area contributed by atoms with Crippen molar-refractivity contribution >= 4 is 5.71 Å². The van der Waals surface area contributed by atoms with E-state index in [0.29, 0.717) is 0 Å². The van der Waals surface area contributed by atoms with Crippen molar-refractivity contribution in [1.29, 1.82) is 0 Å². The number of benzene rings is 2. The van der Waals surface area contributed by atoms with Gasteiger partial charge in [0.25, 0.3) is 0 Å². The van der Waals surface area contributed by atoms with Crippen molar-refractivity contribution in [3.05, 3.63) is 59.7 Å². The van der Waals surface area contributed by atoms with Crippen LogP contribution < -0.4 is 14.8 Å². The van der Waals surface area contributed by atoms with Gasteiger partial charge in [-0.05, 0) is 35.9 Å². The van der Waals surface area contributed by atoms with Gasteiger partial charge in [-0.25, -0.2) is 5.01 Å². The molecule has 0 saturated carbocycles. The molecule has 1 N–H and O–H groups in total. The van der Waals surface area contributed by atoms with Gasteiger partial charge in [0, 0.05) is 37.9 Å². The quantitative estimate of drug-likeness (QED) is 0.870. The Morgan fingerprint density at radius 3 is 2.61 bits per heavy atom. The largest absolute Gasteiger partial charge is 0.466 e.